The summed E-state index contributed by atoms with van der Waals surface area (Å²) in [6.45, 7) is 4.36. The largest absolute Gasteiger partial charge is 0.481 e. The Balaban J connectivity index is 1.89. The summed E-state index contributed by atoms with van der Waals surface area (Å²) in [4.78, 5) is 17.4. The van der Waals surface area contributed by atoms with Gasteiger partial charge in [-0.2, -0.15) is 4.98 Å². The molecular weight excluding hydrogens is 422 g/mol. The third-order valence-corrected chi connectivity index (χ3v) is 5.45. The lowest BCUT2D eigenvalue weighted by molar-refractivity contribution is 0.371. The topological polar surface area (TPSA) is 44.1 Å². The zero-order valence-corrected chi connectivity index (χ0v) is 18.3. The maximum absolute atomic E-state index is 13.7. The van der Waals surface area contributed by atoms with Crippen molar-refractivity contribution in [1.82, 2.24) is 9.55 Å². The van der Waals surface area contributed by atoms with Crippen LogP contribution in [0.4, 0.5) is 8.78 Å². The van der Waals surface area contributed by atoms with Gasteiger partial charge in [0, 0.05) is 10.9 Å². The van der Waals surface area contributed by atoms with Crippen LogP contribution >= 0.6 is 0 Å². The summed E-state index contributed by atoms with van der Waals surface area (Å²) in [6, 6.07) is 16.7. The Labute approximate surface area is 190 Å². The van der Waals surface area contributed by atoms with E-state index in [2.05, 4.69) is 24.8 Å². The molecule has 0 aliphatic carbocycles. The summed E-state index contributed by atoms with van der Waals surface area (Å²) >= 11 is 0. The van der Waals surface area contributed by atoms with E-state index in [1.54, 1.807) is 18.2 Å². The molecular formula is C27H22F2N2O2. The van der Waals surface area contributed by atoms with Crippen LogP contribution in [0.15, 0.2) is 65.5 Å². The van der Waals surface area contributed by atoms with E-state index in [1.165, 1.54) is 16.2 Å². The number of aromatic nitrogens is 2. The molecule has 0 N–H and O–H groups in total. The van der Waals surface area contributed by atoms with E-state index in [-0.39, 0.29) is 13.2 Å². The minimum atomic E-state index is -0.968. The van der Waals surface area contributed by atoms with Crippen LogP contribution in [0.5, 0.6) is 5.75 Å². The molecule has 0 saturated heterocycles. The van der Waals surface area contributed by atoms with Gasteiger partial charge in [0.25, 0.3) is 0 Å². The average molecular weight is 444 g/mol. The lowest BCUT2D eigenvalue weighted by Crippen LogP contribution is -2.24. The molecule has 6 heteroatoms. The maximum Gasteiger partial charge on any atom is 0.348 e. The second-order valence-electron chi connectivity index (χ2n) is 8.03. The summed E-state index contributed by atoms with van der Waals surface area (Å²) in [6.07, 6.45) is 5.31. The number of hydrogen-bond acceptors (Lipinski definition) is 3. The van der Waals surface area contributed by atoms with Crippen molar-refractivity contribution in [3.63, 3.8) is 0 Å². The fourth-order valence-electron chi connectivity index (χ4n) is 3.69. The van der Waals surface area contributed by atoms with E-state index in [0.717, 1.165) is 17.7 Å². The van der Waals surface area contributed by atoms with E-state index >= 15 is 0 Å². The summed E-state index contributed by atoms with van der Waals surface area (Å²) in [5.74, 6) is 1.44. The van der Waals surface area contributed by atoms with Crippen LogP contribution in [0.2, 0.25) is 0 Å². The Hall–Kier alpha value is -3.98. The quantitative estimate of drug-likeness (QED) is 0.368. The number of benzene rings is 3. The van der Waals surface area contributed by atoms with E-state index in [4.69, 9.17) is 11.2 Å². The van der Waals surface area contributed by atoms with Gasteiger partial charge >= 0.3 is 5.69 Å². The molecule has 4 rings (SSSR count). The van der Waals surface area contributed by atoms with Gasteiger partial charge in [0.2, 0.25) is 0 Å². The molecule has 33 heavy (non-hydrogen) atoms. The van der Waals surface area contributed by atoms with Gasteiger partial charge in [-0.25, -0.2) is 13.6 Å². The van der Waals surface area contributed by atoms with Crippen LogP contribution in [-0.4, -0.2) is 16.2 Å². The third kappa shape index (κ3) is 4.63. The highest BCUT2D eigenvalue weighted by atomic mass is 19.2. The highest BCUT2D eigenvalue weighted by Gasteiger charge is 2.15. The van der Waals surface area contributed by atoms with Crippen LogP contribution in [0.1, 0.15) is 30.9 Å². The number of fused-ring (bicyclic) bond motifs is 1. The molecule has 4 nitrogen and oxygen atoms in total. The molecule has 0 aliphatic rings. The zero-order chi connectivity index (χ0) is 23.5. The molecule has 166 valence electrons. The molecule has 0 saturated carbocycles. The second-order valence-corrected chi connectivity index (χ2v) is 8.03. The summed E-state index contributed by atoms with van der Waals surface area (Å²) in [5.41, 5.74) is 3.02. The molecule has 1 heterocycles. The molecule has 0 amide bonds. The Morgan fingerprint density at radius 1 is 1.03 bits per heavy atom. The molecule has 1 aromatic heterocycles. The normalized spacial score (nSPS) is 11.0. The molecule has 3 aromatic carbocycles. The number of rotatable bonds is 6. The van der Waals surface area contributed by atoms with Crippen LogP contribution in [0.3, 0.4) is 0 Å². The predicted octanol–water partition coefficient (Wildman–Crippen LogP) is 5.53. The van der Waals surface area contributed by atoms with Gasteiger partial charge in [-0.3, -0.25) is 4.57 Å². The first-order valence-electron chi connectivity index (χ1n) is 10.5. The Bertz CT molecular complexity index is 1420. The van der Waals surface area contributed by atoms with Crippen LogP contribution in [-0.2, 0) is 6.54 Å². The van der Waals surface area contributed by atoms with Crippen molar-refractivity contribution in [1.29, 1.82) is 0 Å². The Kier molecular flexibility index (Phi) is 6.23. The number of nitrogens with zero attached hydrogens (tertiary/aromatic N) is 2. The highest BCUT2D eigenvalue weighted by Crippen LogP contribution is 2.30. The van der Waals surface area contributed by atoms with Crippen LogP contribution < -0.4 is 10.4 Å². The van der Waals surface area contributed by atoms with Crippen molar-refractivity contribution >= 4 is 10.9 Å². The summed E-state index contributed by atoms with van der Waals surface area (Å²) in [5, 5.41) is 0.684. The molecule has 4 aromatic rings. The van der Waals surface area contributed by atoms with Crippen molar-refractivity contribution in [2.45, 2.75) is 26.3 Å². The zero-order valence-electron chi connectivity index (χ0n) is 18.3. The van der Waals surface area contributed by atoms with Gasteiger partial charge in [-0.1, -0.05) is 50.1 Å². The number of hydrogen-bond donors (Lipinski definition) is 0. The monoisotopic (exact) mass is 444 g/mol. The fraction of sp³-hybridized carbons (Fsp3) is 0.185. The first kappa shape index (κ1) is 22.2. The van der Waals surface area contributed by atoms with Gasteiger partial charge in [-0.05, 0) is 47.4 Å². The SMILES string of the molecule is C#CCOc1ccc2c(c1)c(-c1ccc(C(C)C)cc1)nc(=O)n2Cc1ccc(F)c(F)c1. The molecule has 0 unspecified atom stereocenters. The van der Waals surface area contributed by atoms with Gasteiger partial charge in [-0.15, -0.1) is 6.42 Å². The second kappa shape index (κ2) is 9.25. The van der Waals surface area contributed by atoms with Crippen molar-refractivity contribution < 1.29 is 13.5 Å². The molecule has 0 aliphatic heterocycles. The van der Waals surface area contributed by atoms with Gasteiger partial charge < -0.3 is 4.74 Å². The van der Waals surface area contributed by atoms with Crippen LogP contribution in [0.25, 0.3) is 22.2 Å². The first-order valence-corrected chi connectivity index (χ1v) is 10.5. The van der Waals surface area contributed by atoms with Crippen molar-refractivity contribution in [3.05, 3.63) is 93.9 Å². The Morgan fingerprint density at radius 2 is 1.79 bits per heavy atom. The van der Waals surface area contributed by atoms with Gasteiger partial charge in [0.05, 0.1) is 17.8 Å². The number of ether oxygens (including phenoxy) is 1. The predicted molar refractivity (Wildman–Crippen MR) is 125 cm³/mol. The molecule has 0 bridgehead atoms. The van der Waals surface area contributed by atoms with Crippen LogP contribution in [0, 0.1) is 24.0 Å². The van der Waals surface area contributed by atoms with E-state index in [0.29, 0.717) is 33.8 Å². The van der Waals surface area contributed by atoms with Crippen molar-refractivity contribution in [3.8, 4) is 29.4 Å². The average Bonchev–Trinajstić information content (AvgIpc) is 2.81. The molecule has 0 spiro atoms. The first-order chi connectivity index (χ1) is 15.9. The van der Waals surface area contributed by atoms with Crippen molar-refractivity contribution in [2.24, 2.45) is 0 Å². The molecule has 0 radical (unpaired) electrons. The van der Waals surface area contributed by atoms with E-state index < -0.39 is 17.3 Å². The van der Waals surface area contributed by atoms with E-state index in [1.807, 2.05) is 24.3 Å². The summed E-state index contributed by atoms with van der Waals surface area (Å²) < 4.78 is 34.1. The smallest absolute Gasteiger partial charge is 0.348 e. The Morgan fingerprint density at radius 3 is 2.45 bits per heavy atom. The fourth-order valence-corrected chi connectivity index (χ4v) is 3.69. The molecule has 0 atom stereocenters. The molecule has 0 fully saturated rings. The lowest BCUT2D eigenvalue weighted by Gasteiger charge is -2.15. The standard InChI is InChI=1S/C27H22F2N2O2/c1-4-13-33-21-10-12-25-22(15-21)26(20-8-6-19(7-9-20)17(2)3)30-27(32)31(25)16-18-5-11-23(28)24(29)14-18/h1,5-12,14-15,17H,13,16H2,2-3H3. The highest BCUT2D eigenvalue weighted by molar-refractivity contribution is 5.93. The maximum atomic E-state index is 13.7. The summed E-state index contributed by atoms with van der Waals surface area (Å²) in [7, 11) is 0. The number of halogens is 2. The minimum absolute atomic E-state index is 0.0384. The third-order valence-electron chi connectivity index (χ3n) is 5.45. The lowest BCUT2D eigenvalue weighted by atomic mass is 9.99. The minimum Gasteiger partial charge on any atom is -0.481 e. The van der Waals surface area contributed by atoms with Gasteiger partial charge in [0.15, 0.2) is 11.6 Å². The number of terminal acetylenes is 1. The van der Waals surface area contributed by atoms with Gasteiger partial charge in [0.1, 0.15) is 12.4 Å². The van der Waals surface area contributed by atoms with E-state index in [9.17, 15) is 13.6 Å². The van der Waals surface area contributed by atoms with Crippen molar-refractivity contribution in [2.75, 3.05) is 6.61 Å².